The van der Waals surface area contributed by atoms with E-state index in [1.165, 1.54) is 51.3 Å². The summed E-state index contributed by atoms with van der Waals surface area (Å²) in [5, 5.41) is 10.5. The molecule has 0 saturated heterocycles. The van der Waals surface area contributed by atoms with Crippen LogP contribution in [0.25, 0.3) is 55.6 Å². The molecular weight excluding hydrogens is 1140 g/mol. The van der Waals surface area contributed by atoms with E-state index in [-0.39, 0.29) is 13.2 Å². The zero-order valence-electron chi connectivity index (χ0n) is 53.9. The summed E-state index contributed by atoms with van der Waals surface area (Å²) >= 11 is 0. The van der Waals surface area contributed by atoms with Gasteiger partial charge in [-0.1, -0.05) is 138 Å². The van der Waals surface area contributed by atoms with Gasteiger partial charge in [0.05, 0.1) is 29.9 Å². The standard InChI is InChI=1S/C25H26N6.C25H29N5.C24H26FN5.CH4/c1-5-18(3)23-15-29-25-24(28-11-10-19-8-6-17(2)7-9-19)30-22(16-31(23)25)20-12-21(26-4)14-27-13-20;1-5-19(4)23-15-28-25-24(27-11-10-20-8-6-17(2)7-9-20)29-22(16-30(23)25)21-12-18(3)13-26-14-21;1-4-17(3)22-14-28-24-23(27-10-9-18-7-5-16(2)6-8-18)29-21(15-30(22)24)19-11-20(25)13-26-12-19;/h6-9,12-16,18H,5,10-11H2,1-3H3,(H,28,30);6-9,12-16,19H,5,10-11H2,1-4H3,(H,27,29);5-8,11-15,17H,4,9-10H2,1-3H3,(H,27,29);1H4. The molecule has 9 aromatic heterocycles. The minimum absolute atomic E-state index is 0. The minimum Gasteiger partial charge on any atom is -0.367 e. The number of hydrogen-bond donors (Lipinski definition) is 3. The fourth-order valence-electron chi connectivity index (χ4n) is 10.6. The molecule has 0 amide bonds. The van der Waals surface area contributed by atoms with Crippen molar-refractivity contribution in [3.05, 3.63) is 239 Å². The lowest BCUT2D eigenvalue weighted by Gasteiger charge is -2.13. The smallest absolute Gasteiger partial charge is 0.205 e. The van der Waals surface area contributed by atoms with Crippen molar-refractivity contribution in [1.29, 1.82) is 0 Å². The molecule has 3 unspecified atom stereocenters. The van der Waals surface area contributed by atoms with Crippen molar-refractivity contribution in [3.8, 4) is 33.8 Å². The van der Waals surface area contributed by atoms with Crippen molar-refractivity contribution in [2.75, 3.05) is 35.6 Å². The summed E-state index contributed by atoms with van der Waals surface area (Å²) in [5.41, 5.74) is 20.0. The van der Waals surface area contributed by atoms with Crippen LogP contribution in [-0.4, -0.2) is 77.7 Å². The fraction of sp³-hybridized carbons (Fsp3) is 0.307. The maximum atomic E-state index is 13.8. The first-order chi connectivity index (χ1) is 44.2. The largest absolute Gasteiger partial charge is 0.367 e. The van der Waals surface area contributed by atoms with E-state index in [9.17, 15) is 4.39 Å². The van der Waals surface area contributed by atoms with Crippen molar-refractivity contribution in [1.82, 2.24) is 58.1 Å². The Balaban J connectivity index is 0.000000162. The molecule has 0 radical (unpaired) electrons. The first kappa shape index (κ1) is 66.2. The van der Waals surface area contributed by atoms with Crippen molar-refractivity contribution >= 4 is 40.1 Å². The molecule has 0 bridgehead atoms. The second kappa shape index (κ2) is 31.0. The van der Waals surface area contributed by atoms with Crippen molar-refractivity contribution in [2.24, 2.45) is 0 Å². The maximum Gasteiger partial charge on any atom is 0.205 e. The van der Waals surface area contributed by atoms with Crippen LogP contribution < -0.4 is 16.0 Å². The molecule has 3 aromatic carbocycles. The summed E-state index contributed by atoms with van der Waals surface area (Å²) in [6.45, 7) is 31.1. The molecule has 0 fully saturated rings. The second-order valence-corrected chi connectivity index (χ2v) is 23.7. The molecule has 12 rings (SSSR count). The number of aromatic nitrogens is 12. The van der Waals surface area contributed by atoms with Gasteiger partial charge in [-0.2, -0.15) is 0 Å². The van der Waals surface area contributed by atoms with Crippen LogP contribution in [0.15, 0.2) is 165 Å². The van der Waals surface area contributed by atoms with Crippen LogP contribution in [0.2, 0.25) is 0 Å². The summed E-state index contributed by atoms with van der Waals surface area (Å²) in [4.78, 5) is 44.6. The number of nitrogens with one attached hydrogen (secondary N) is 3. The van der Waals surface area contributed by atoms with Crippen LogP contribution in [0.4, 0.5) is 27.5 Å². The monoisotopic (exact) mass is 1230 g/mol. The topological polar surface area (TPSA) is 170 Å². The average Bonchev–Trinajstić information content (AvgIpc) is 1.62. The summed E-state index contributed by atoms with van der Waals surface area (Å²) in [7, 11) is 0. The number of anilines is 3. The molecule has 0 aliphatic rings. The lowest BCUT2D eigenvalue weighted by Crippen LogP contribution is -2.10. The number of benzene rings is 3. The quantitative estimate of drug-likeness (QED) is 0.0583. The molecule has 3 atom stereocenters. The third-order valence-corrected chi connectivity index (χ3v) is 16.7. The Morgan fingerprint density at radius 3 is 1.11 bits per heavy atom. The van der Waals surface area contributed by atoms with E-state index < -0.39 is 0 Å². The van der Waals surface area contributed by atoms with Gasteiger partial charge in [-0.05, 0) is 124 Å². The predicted octanol–water partition coefficient (Wildman–Crippen LogP) is 17.4. The van der Waals surface area contributed by atoms with Crippen molar-refractivity contribution in [3.63, 3.8) is 0 Å². The van der Waals surface area contributed by atoms with Crippen LogP contribution >= 0.6 is 0 Å². The van der Waals surface area contributed by atoms with Gasteiger partial charge in [0.1, 0.15) is 5.82 Å². The highest BCUT2D eigenvalue weighted by Gasteiger charge is 2.20. The minimum atomic E-state index is -0.379. The Morgan fingerprint density at radius 1 is 0.435 bits per heavy atom. The van der Waals surface area contributed by atoms with Gasteiger partial charge in [-0.15, -0.1) is 0 Å². The van der Waals surface area contributed by atoms with E-state index >= 15 is 0 Å². The molecule has 17 heteroatoms. The summed E-state index contributed by atoms with van der Waals surface area (Å²) in [5.74, 6) is 3.02. The van der Waals surface area contributed by atoms with Gasteiger partial charge in [0.15, 0.2) is 34.4 Å². The number of imidazole rings is 3. The first-order valence-corrected chi connectivity index (χ1v) is 31.6. The number of nitrogens with zero attached hydrogens (tertiary/aromatic N) is 13. The van der Waals surface area contributed by atoms with Crippen LogP contribution in [0.1, 0.15) is 142 Å². The second-order valence-electron chi connectivity index (χ2n) is 23.7. The van der Waals surface area contributed by atoms with Gasteiger partial charge in [0.2, 0.25) is 5.69 Å². The van der Waals surface area contributed by atoms with E-state index in [0.29, 0.717) is 40.5 Å². The number of aryl methyl sites for hydroxylation is 4. The van der Waals surface area contributed by atoms with E-state index in [2.05, 4.69) is 213 Å². The molecule has 92 heavy (non-hydrogen) atoms. The number of halogens is 1. The molecule has 0 spiro atoms. The fourth-order valence-corrected chi connectivity index (χ4v) is 10.6. The van der Waals surface area contributed by atoms with E-state index in [4.69, 9.17) is 26.5 Å². The molecular formula is C75H85FN16. The molecule has 0 aliphatic carbocycles. The van der Waals surface area contributed by atoms with E-state index in [1.807, 2.05) is 49.4 Å². The highest BCUT2D eigenvalue weighted by Crippen LogP contribution is 2.32. The lowest BCUT2D eigenvalue weighted by atomic mass is 10.1. The number of rotatable bonds is 21. The summed E-state index contributed by atoms with van der Waals surface area (Å²) < 4.78 is 20.1. The normalized spacial score (nSPS) is 12.0. The highest BCUT2D eigenvalue weighted by atomic mass is 19.1. The number of pyridine rings is 3. The van der Waals surface area contributed by atoms with Crippen LogP contribution in [0.5, 0.6) is 0 Å². The zero-order chi connectivity index (χ0) is 64.0. The molecule has 0 saturated carbocycles. The average molecular weight is 1230 g/mol. The van der Waals surface area contributed by atoms with Crippen molar-refractivity contribution < 1.29 is 4.39 Å². The van der Waals surface area contributed by atoms with Gasteiger partial charge < -0.3 is 16.0 Å². The highest BCUT2D eigenvalue weighted by molar-refractivity contribution is 5.73. The molecule has 12 aromatic rings. The maximum absolute atomic E-state index is 13.8. The Bertz CT molecular complexity index is 4240. The Labute approximate surface area is 540 Å². The van der Waals surface area contributed by atoms with Crippen LogP contribution in [-0.2, 0) is 19.3 Å². The SMILES string of the molecule is C.CCC(C)c1cnc2c(NCCc3ccc(C)cc3)nc(-c3cncc(C)c3)cn12.CCC(C)c1cnc2c(NCCc3ccc(C)cc3)nc(-c3cncc(F)c3)cn12.[C-]#[N+]c1cncc(-c2cn3c(C(C)CC)cnc3c(NCCc3ccc(C)cc3)n2)c1. The molecule has 16 nitrogen and oxygen atoms in total. The third-order valence-electron chi connectivity index (χ3n) is 16.7. The Hall–Kier alpha value is -10.2. The number of fused-ring (bicyclic) bond motifs is 3. The Morgan fingerprint density at radius 2 is 0.772 bits per heavy atom. The zero-order valence-corrected chi connectivity index (χ0v) is 53.9. The van der Waals surface area contributed by atoms with Crippen molar-refractivity contribution in [2.45, 2.75) is 133 Å². The molecule has 472 valence electrons. The van der Waals surface area contributed by atoms with Gasteiger partial charge in [-0.3, -0.25) is 28.2 Å². The van der Waals surface area contributed by atoms with Crippen LogP contribution in [0, 0.1) is 40.1 Å². The number of hydrogen-bond acceptors (Lipinski definition) is 12. The first-order valence-electron chi connectivity index (χ1n) is 31.6. The predicted molar refractivity (Wildman–Crippen MR) is 373 cm³/mol. The lowest BCUT2D eigenvalue weighted by molar-refractivity contribution is 0.622. The Kier molecular flexibility index (Phi) is 22.3. The molecule has 3 N–H and O–H groups in total. The summed E-state index contributed by atoms with van der Waals surface area (Å²) in [6, 6.07) is 31.2. The summed E-state index contributed by atoms with van der Waals surface area (Å²) in [6.07, 6.45) is 27.5. The molecule has 9 heterocycles. The van der Waals surface area contributed by atoms with E-state index in [1.54, 1.807) is 18.6 Å². The van der Waals surface area contributed by atoms with Gasteiger partial charge in [-0.25, -0.2) is 39.1 Å². The van der Waals surface area contributed by atoms with Gasteiger partial charge in [0.25, 0.3) is 0 Å². The van der Waals surface area contributed by atoms with Gasteiger partial charge >= 0.3 is 0 Å². The van der Waals surface area contributed by atoms with Crippen LogP contribution in [0.3, 0.4) is 0 Å². The molecule has 0 aliphatic heterocycles. The third kappa shape index (κ3) is 16.2. The van der Waals surface area contributed by atoms with E-state index in [0.717, 1.165) is 126 Å². The van der Waals surface area contributed by atoms with Gasteiger partial charge in [0, 0.05) is 122 Å².